The molecule has 68 valence electrons. The first-order chi connectivity index (χ1) is 5.68. The van der Waals surface area contributed by atoms with Crippen LogP contribution in [0, 0.1) is 11.8 Å². The Labute approximate surface area is 71.5 Å². The minimum atomic E-state index is -0.785. The van der Waals surface area contributed by atoms with Crippen LogP contribution in [0.4, 0.5) is 4.39 Å². The normalized spacial score (nSPS) is 44.8. The lowest BCUT2D eigenvalue weighted by molar-refractivity contribution is -0.120. The lowest BCUT2D eigenvalue weighted by atomic mass is 9.93. The highest BCUT2D eigenvalue weighted by molar-refractivity contribution is 5.73. The van der Waals surface area contributed by atoms with E-state index < -0.39 is 6.17 Å². The highest BCUT2D eigenvalue weighted by Gasteiger charge is 2.48. The van der Waals surface area contributed by atoms with Gasteiger partial charge in [0.25, 0.3) is 0 Å². The Morgan fingerprint density at radius 1 is 1.42 bits per heavy atom. The van der Waals surface area contributed by atoms with E-state index in [1.807, 2.05) is 0 Å². The van der Waals surface area contributed by atoms with E-state index in [4.69, 9.17) is 0 Å². The number of hydrogen-bond donors (Lipinski definition) is 1. The highest BCUT2D eigenvalue weighted by Crippen LogP contribution is 2.46. The van der Waals surface area contributed by atoms with Crippen molar-refractivity contribution in [2.45, 2.75) is 38.4 Å². The minimum Gasteiger partial charge on any atom is -0.350 e. The summed E-state index contributed by atoms with van der Waals surface area (Å²) in [6.07, 6.45) is 2.30. The van der Waals surface area contributed by atoms with E-state index in [1.54, 1.807) is 0 Å². The molecule has 0 heterocycles. The lowest BCUT2D eigenvalue weighted by Gasteiger charge is -2.25. The number of hydrogen-bond acceptors (Lipinski definition) is 1. The molecule has 2 fully saturated rings. The summed E-state index contributed by atoms with van der Waals surface area (Å²) in [5, 5.41) is 2.71. The highest BCUT2D eigenvalue weighted by atomic mass is 19.1. The van der Waals surface area contributed by atoms with Gasteiger partial charge >= 0.3 is 0 Å². The van der Waals surface area contributed by atoms with Crippen LogP contribution >= 0.6 is 0 Å². The number of carbonyl (C=O) groups excluding carboxylic acids is 1. The zero-order valence-electron chi connectivity index (χ0n) is 7.22. The van der Waals surface area contributed by atoms with E-state index in [1.165, 1.54) is 6.92 Å². The van der Waals surface area contributed by atoms with Crippen LogP contribution in [0.25, 0.3) is 0 Å². The molecule has 4 unspecified atom stereocenters. The summed E-state index contributed by atoms with van der Waals surface area (Å²) in [6.45, 7) is 1.46. The van der Waals surface area contributed by atoms with Gasteiger partial charge in [0.05, 0.1) is 6.04 Å². The molecule has 2 bridgehead atoms. The van der Waals surface area contributed by atoms with Crippen LogP contribution in [0.1, 0.15) is 26.2 Å². The monoisotopic (exact) mass is 171 g/mol. The Morgan fingerprint density at radius 3 is 2.58 bits per heavy atom. The zero-order chi connectivity index (χ0) is 8.72. The first kappa shape index (κ1) is 8.02. The van der Waals surface area contributed by atoms with Gasteiger partial charge in [-0.1, -0.05) is 0 Å². The summed E-state index contributed by atoms with van der Waals surface area (Å²) in [7, 11) is 0. The van der Waals surface area contributed by atoms with Gasteiger partial charge in [-0.25, -0.2) is 4.39 Å². The summed E-state index contributed by atoms with van der Waals surface area (Å²) < 4.78 is 13.4. The van der Waals surface area contributed by atoms with E-state index >= 15 is 0 Å². The molecule has 2 saturated carbocycles. The largest absolute Gasteiger partial charge is 0.350 e. The fourth-order valence-electron chi connectivity index (χ4n) is 2.65. The van der Waals surface area contributed by atoms with Crippen molar-refractivity contribution >= 4 is 5.91 Å². The first-order valence-corrected chi connectivity index (χ1v) is 4.59. The minimum absolute atomic E-state index is 0.102. The average molecular weight is 171 g/mol. The van der Waals surface area contributed by atoms with Crippen molar-refractivity contribution < 1.29 is 9.18 Å². The third kappa shape index (κ3) is 1.11. The molecule has 2 rings (SSSR count). The van der Waals surface area contributed by atoms with E-state index in [0.29, 0.717) is 5.92 Å². The molecule has 2 nitrogen and oxygen atoms in total. The maximum atomic E-state index is 13.4. The van der Waals surface area contributed by atoms with Crippen LogP contribution in [-0.4, -0.2) is 18.1 Å². The maximum absolute atomic E-state index is 13.4. The predicted octanol–water partition coefficient (Wildman–Crippen LogP) is 1.26. The number of amides is 1. The third-order valence-electron chi connectivity index (χ3n) is 3.18. The number of carbonyl (C=O) groups is 1. The average Bonchev–Trinajstić information content (AvgIpc) is 2.53. The molecule has 0 aromatic rings. The van der Waals surface area contributed by atoms with Crippen LogP contribution in [0.3, 0.4) is 0 Å². The van der Waals surface area contributed by atoms with Crippen LogP contribution in [0.2, 0.25) is 0 Å². The Kier molecular flexibility index (Phi) is 1.81. The van der Waals surface area contributed by atoms with Crippen LogP contribution in [-0.2, 0) is 4.79 Å². The smallest absolute Gasteiger partial charge is 0.217 e. The van der Waals surface area contributed by atoms with Gasteiger partial charge in [0.15, 0.2) is 0 Å². The van der Waals surface area contributed by atoms with Gasteiger partial charge in [-0.2, -0.15) is 0 Å². The molecule has 1 amide bonds. The van der Waals surface area contributed by atoms with E-state index in [9.17, 15) is 9.18 Å². The van der Waals surface area contributed by atoms with Crippen molar-refractivity contribution in [3.8, 4) is 0 Å². The number of alkyl halides is 1. The first-order valence-electron chi connectivity index (χ1n) is 4.59. The summed E-state index contributed by atoms with van der Waals surface area (Å²) >= 11 is 0. The summed E-state index contributed by atoms with van der Waals surface area (Å²) in [5.41, 5.74) is 0. The molecule has 0 aromatic heterocycles. The van der Waals surface area contributed by atoms with Gasteiger partial charge in [-0.15, -0.1) is 0 Å². The van der Waals surface area contributed by atoms with Crippen LogP contribution in [0.15, 0.2) is 0 Å². The summed E-state index contributed by atoms with van der Waals surface area (Å²) in [6, 6.07) is -0.179. The SMILES string of the molecule is CC(=O)NC1C2CCC(C2)C1F. The molecular weight excluding hydrogens is 157 g/mol. The molecule has 1 N–H and O–H groups in total. The van der Waals surface area contributed by atoms with E-state index in [2.05, 4.69) is 5.32 Å². The van der Waals surface area contributed by atoms with Crippen LogP contribution < -0.4 is 5.32 Å². The second kappa shape index (κ2) is 2.71. The fourth-order valence-corrected chi connectivity index (χ4v) is 2.65. The number of nitrogens with one attached hydrogen (secondary N) is 1. The Balaban J connectivity index is 2.02. The Morgan fingerprint density at radius 2 is 2.08 bits per heavy atom. The second-order valence-corrected chi connectivity index (χ2v) is 4.00. The molecule has 4 atom stereocenters. The van der Waals surface area contributed by atoms with Gasteiger partial charge in [-0.05, 0) is 31.1 Å². The fraction of sp³-hybridized carbons (Fsp3) is 0.889. The van der Waals surface area contributed by atoms with E-state index in [0.717, 1.165) is 19.3 Å². The van der Waals surface area contributed by atoms with Crippen molar-refractivity contribution in [2.24, 2.45) is 11.8 Å². The molecule has 0 aromatic carbocycles. The number of halogens is 1. The Bertz CT molecular complexity index is 205. The summed E-state index contributed by atoms with van der Waals surface area (Å²) in [4.78, 5) is 10.7. The summed E-state index contributed by atoms with van der Waals surface area (Å²) in [5.74, 6) is 0.538. The van der Waals surface area contributed by atoms with Gasteiger partial charge in [-0.3, -0.25) is 4.79 Å². The maximum Gasteiger partial charge on any atom is 0.217 e. The number of rotatable bonds is 1. The topological polar surface area (TPSA) is 29.1 Å². The number of fused-ring (bicyclic) bond motifs is 2. The molecule has 2 aliphatic rings. The van der Waals surface area contributed by atoms with Crippen LogP contribution in [0.5, 0.6) is 0 Å². The molecule has 2 aliphatic carbocycles. The molecule has 0 spiro atoms. The second-order valence-electron chi connectivity index (χ2n) is 4.00. The van der Waals surface area contributed by atoms with Gasteiger partial charge in [0.1, 0.15) is 6.17 Å². The molecule has 0 aliphatic heterocycles. The van der Waals surface area contributed by atoms with Crippen molar-refractivity contribution in [1.82, 2.24) is 5.32 Å². The molecule has 12 heavy (non-hydrogen) atoms. The van der Waals surface area contributed by atoms with Gasteiger partial charge in [0.2, 0.25) is 5.91 Å². The standard InChI is InChI=1S/C9H14FNO/c1-5(12)11-9-7-3-2-6(4-7)8(9)10/h6-9H,2-4H2,1H3,(H,11,12). The van der Waals surface area contributed by atoms with Crippen molar-refractivity contribution in [1.29, 1.82) is 0 Å². The van der Waals surface area contributed by atoms with Crippen molar-refractivity contribution in [3.05, 3.63) is 0 Å². The molecule has 3 heteroatoms. The Hall–Kier alpha value is -0.600. The quantitative estimate of drug-likeness (QED) is 0.632. The molecule has 0 saturated heterocycles. The molecule has 0 radical (unpaired) electrons. The van der Waals surface area contributed by atoms with Gasteiger partial charge < -0.3 is 5.32 Å². The van der Waals surface area contributed by atoms with Gasteiger partial charge in [0, 0.05) is 6.92 Å². The lowest BCUT2D eigenvalue weighted by Crippen LogP contribution is -2.44. The zero-order valence-corrected chi connectivity index (χ0v) is 7.22. The van der Waals surface area contributed by atoms with E-state index in [-0.39, 0.29) is 17.9 Å². The predicted molar refractivity (Wildman–Crippen MR) is 43.3 cm³/mol. The molecular formula is C9H14FNO. The van der Waals surface area contributed by atoms with Crippen molar-refractivity contribution in [3.63, 3.8) is 0 Å². The van der Waals surface area contributed by atoms with Crippen molar-refractivity contribution in [2.75, 3.05) is 0 Å². The third-order valence-corrected chi connectivity index (χ3v) is 3.18.